The van der Waals surface area contributed by atoms with Crippen LogP contribution in [0, 0.1) is 13.8 Å². The number of aryl methyl sites for hydroxylation is 3. The zero-order valence-corrected chi connectivity index (χ0v) is 16.4. The van der Waals surface area contributed by atoms with Crippen molar-refractivity contribution < 1.29 is 18.8 Å². The van der Waals surface area contributed by atoms with Crippen LogP contribution in [0.15, 0.2) is 59.1 Å². The van der Waals surface area contributed by atoms with Crippen LogP contribution in [0.4, 0.5) is 0 Å². The smallest absolute Gasteiger partial charge is 0.344 e. The van der Waals surface area contributed by atoms with E-state index in [-0.39, 0.29) is 18.0 Å². The van der Waals surface area contributed by atoms with Gasteiger partial charge >= 0.3 is 5.97 Å². The average Bonchev–Trinajstić information content (AvgIpc) is 3.23. The van der Waals surface area contributed by atoms with Crippen LogP contribution in [0.2, 0.25) is 0 Å². The summed E-state index contributed by atoms with van der Waals surface area (Å²) in [5.74, 6) is -0.507. The van der Waals surface area contributed by atoms with Gasteiger partial charge in [0.15, 0.2) is 6.61 Å². The summed E-state index contributed by atoms with van der Waals surface area (Å²) >= 11 is 0. The van der Waals surface area contributed by atoms with Crippen LogP contribution >= 0.6 is 0 Å². The molecule has 6 nitrogen and oxygen atoms in total. The highest BCUT2D eigenvalue weighted by molar-refractivity contribution is 6.14. The Morgan fingerprint density at radius 3 is 2.38 bits per heavy atom. The summed E-state index contributed by atoms with van der Waals surface area (Å²) in [6, 6.07) is 17.4. The van der Waals surface area contributed by atoms with Crippen molar-refractivity contribution in [3.8, 4) is 11.3 Å². The van der Waals surface area contributed by atoms with E-state index in [1.807, 2.05) is 66.2 Å². The first-order valence-corrected chi connectivity index (χ1v) is 9.25. The third-order valence-electron chi connectivity index (χ3n) is 5.00. The minimum atomic E-state index is -0.615. The Bertz CT molecular complexity index is 1200. The van der Waals surface area contributed by atoms with Gasteiger partial charge in [0.1, 0.15) is 11.3 Å². The van der Waals surface area contributed by atoms with Crippen LogP contribution in [-0.4, -0.2) is 28.1 Å². The number of para-hydroxylation sites is 1. The number of carbonyl (C=O) groups is 2. The molecular weight excluding hydrogens is 368 g/mol. The second kappa shape index (κ2) is 7.39. The van der Waals surface area contributed by atoms with Crippen molar-refractivity contribution >= 4 is 22.7 Å². The summed E-state index contributed by atoms with van der Waals surface area (Å²) in [5.41, 5.74) is 3.90. The SMILES string of the molecule is Cc1noc(C)c1C(=O)OCC(=O)c1c(-c2ccccc2)n(C)c2ccccc12. The molecule has 0 saturated heterocycles. The van der Waals surface area contributed by atoms with Gasteiger partial charge in [-0.1, -0.05) is 53.7 Å². The van der Waals surface area contributed by atoms with E-state index in [0.717, 1.165) is 22.2 Å². The van der Waals surface area contributed by atoms with Crippen LogP contribution in [0.25, 0.3) is 22.2 Å². The number of aromatic nitrogens is 2. The fraction of sp³-hybridized carbons (Fsp3) is 0.174. The minimum Gasteiger partial charge on any atom is -0.454 e. The maximum absolute atomic E-state index is 13.2. The number of carbonyl (C=O) groups excluding carboxylic acids is 2. The van der Waals surface area contributed by atoms with E-state index in [4.69, 9.17) is 9.26 Å². The highest BCUT2D eigenvalue weighted by atomic mass is 16.5. The lowest BCUT2D eigenvalue weighted by Crippen LogP contribution is -2.16. The van der Waals surface area contributed by atoms with Gasteiger partial charge in [-0.25, -0.2) is 4.79 Å². The van der Waals surface area contributed by atoms with Gasteiger partial charge in [0.05, 0.1) is 17.0 Å². The van der Waals surface area contributed by atoms with Gasteiger partial charge in [0.25, 0.3) is 0 Å². The third-order valence-corrected chi connectivity index (χ3v) is 5.00. The maximum Gasteiger partial charge on any atom is 0.344 e. The summed E-state index contributed by atoms with van der Waals surface area (Å²) in [6.07, 6.45) is 0. The molecule has 0 N–H and O–H groups in total. The minimum absolute atomic E-state index is 0.263. The summed E-state index contributed by atoms with van der Waals surface area (Å²) in [6.45, 7) is 2.93. The molecule has 0 unspecified atom stereocenters. The molecule has 0 aliphatic carbocycles. The second-order valence-corrected chi connectivity index (χ2v) is 6.86. The summed E-state index contributed by atoms with van der Waals surface area (Å²) in [4.78, 5) is 25.6. The molecule has 4 rings (SSSR count). The van der Waals surface area contributed by atoms with Crippen LogP contribution in [0.1, 0.15) is 32.2 Å². The number of benzene rings is 2. The van der Waals surface area contributed by atoms with Crippen molar-refractivity contribution in [2.75, 3.05) is 6.61 Å². The van der Waals surface area contributed by atoms with Gasteiger partial charge in [-0.15, -0.1) is 0 Å². The highest BCUT2D eigenvalue weighted by Gasteiger charge is 2.25. The van der Waals surface area contributed by atoms with Crippen molar-refractivity contribution in [3.05, 3.63) is 77.2 Å². The Balaban J connectivity index is 1.72. The van der Waals surface area contributed by atoms with Crippen LogP contribution in [0.5, 0.6) is 0 Å². The number of ketones is 1. The van der Waals surface area contributed by atoms with Gasteiger partial charge < -0.3 is 13.8 Å². The van der Waals surface area contributed by atoms with E-state index in [0.29, 0.717) is 17.0 Å². The molecule has 2 aromatic heterocycles. The largest absolute Gasteiger partial charge is 0.454 e. The number of ether oxygens (including phenoxy) is 1. The molecule has 0 spiro atoms. The maximum atomic E-state index is 13.2. The molecule has 0 radical (unpaired) electrons. The monoisotopic (exact) mass is 388 g/mol. The van der Waals surface area contributed by atoms with E-state index in [2.05, 4.69) is 5.16 Å². The molecule has 29 heavy (non-hydrogen) atoms. The fourth-order valence-corrected chi connectivity index (χ4v) is 3.66. The molecule has 146 valence electrons. The van der Waals surface area contributed by atoms with Crippen molar-refractivity contribution in [1.82, 2.24) is 9.72 Å². The molecule has 0 atom stereocenters. The molecule has 0 aliphatic rings. The van der Waals surface area contributed by atoms with E-state index < -0.39 is 5.97 Å². The zero-order valence-electron chi connectivity index (χ0n) is 16.4. The predicted molar refractivity (Wildman–Crippen MR) is 109 cm³/mol. The number of rotatable bonds is 5. The molecular formula is C23H20N2O4. The third kappa shape index (κ3) is 3.23. The summed E-state index contributed by atoms with van der Waals surface area (Å²) in [5, 5.41) is 4.58. The molecule has 6 heteroatoms. The molecule has 0 saturated carbocycles. The topological polar surface area (TPSA) is 74.3 Å². The Labute approximate surface area is 167 Å². The van der Waals surface area contributed by atoms with E-state index in [9.17, 15) is 9.59 Å². The first kappa shape index (κ1) is 18.7. The Morgan fingerprint density at radius 1 is 1.00 bits per heavy atom. The predicted octanol–water partition coefficient (Wildman–Crippen LogP) is 4.49. The van der Waals surface area contributed by atoms with Gasteiger partial charge in [-0.05, 0) is 25.5 Å². The normalized spacial score (nSPS) is 11.0. The molecule has 0 amide bonds. The van der Waals surface area contributed by atoms with Crippen molar-refractivity contribution in [3.63, 3.8) is 0 Å². The highest BCUT2D eigenvalue weighted by Crippen LogP contribution is 2.33. The Hall–Kier alpha value is -3.67. The van der Waals surface area contributed by atoms with Crippen LogP contribution in [-0.2, 0) is 11.8 Å². The lowest BCUT2D eigenvalue weighted by Gasteiger charge is -2.08. The molecule has 4 aromatic rings. The molecule has 0 fully saturated rings. The number of esters is 1. The van der Waals surface area contributed by atoms with Crippen molar-refractivity contribution in [1.29, 1.82) is 0 Å². The molecule has 2 aromatic carbocycles. The van der Waals surface area contributed by atoms with Gasteiger partial charge in [-0.3, -0.25) is 4.79 Å². The first-order chi connectivity index (χ1) is 14.0. The van der Waals surface area contributed by atoms with E-state index in [1.165, 1.54) is 0 Å². The number of hydrogen-bond donors (Lipinski definition) is 0. The Kier molecular flexibility index (Phi) is 4.76. The van der Waals surface area contributed by atoms with Crippen LogP contribution < -0.4 is 0 Å². The standard InChI is InChI=1S/C23H20N2O4/c1-14-20(15(2)29-24-14)23(27)28-13-19(26)21-17-11-7-8-12-18(17)25(3)22(21)16-9-5-4-6-10-16/h4-12H,13H2,1-3H3. The summed E-state index contributed by atoms with van der Waals surface area (Å²) in [7, 11) is 1.93. The van der Waals surface area contributed by atoms with Crippen molar-refractivity contribution in [2.45, 2.75) is 13.8 Å². The lowest BCUT2D eigenvalue weighted by atomic mass is 10.0. The Morgan fingerprint density at radius 2 is 1.69 bits per heavy atom. The number of nitrogens with zero attached hydrogens (tertiary/aromatic N) is 2. The molecule has 0 aliphatic heterocycles. The van der Waals surface area contributed by atoms with E-state index in [1.54, 1.807) is 13.8 Å². The fourth-order valence-electron chi connectivity index (χ4n) is 3.66. The van der Waals surface area contributed by atoms with Crippen molar-refractivity contribution in [2.24, 2.45) is 7.05 Å². The van der Waals surface area contributed by atoms with Gasteiger partial charge in [-0.2, -0.15) is 0 Å². The van der Waals surface area contributed by atoms with Crippen LogP contribution in [0.3, 0.4) is 0 Å². The summed E-state index contributed by atoms with van der Waals surface area (Å²) < 4.78 is 12.3. The number of Topliss-reactive ketones (excluding diaryl/α,β-unsaturated/α-hetero) is 1. The van der Waals surface area contributed by atoms with E-state index >= 15 is 0 Å². The molecule has 0 bridgehead atoms. The average molecular weight is 388 g/mol. The quantitative estimate of drug-likeness (QED) is 0.372. The second-order valence-electron chi connectivity index (χ2n) is 6.86. The van der Waals surface area contributed by atoms with Gasteiger partial charge in [0.2, 0.25) is 5.78 Å². The molecule has 2 heterocycles. The lowest BCUT2D eigenvalue weighted by molar-refractivity contribution is 0.0473. The zero-order chi connectivity index (χ0) is 20.5. The number of hydrogen-bond acceptors (Lipinski definition) is 5. The first-order valence-electron chi connectivity index (χ1n) is 9.25. The number of fused-ring (bicyclic) bond motifs is 1. The van der Waals surface area contributed by atoms with Gasteiger partial charge in [0, 0.05) is 18.0 Å².